The first kappa shape index (κ1) is 14.5. The summed E-state index contributed by atoms with van der Waals surface area (Å²) in [7, 11) is -3.59. The molecule has 0 radical (unpaired) electrons. The molecular formula is C12H17NO4S2. The topological polar surface area (TPSA) is 83.5 Å². The van der Waals surface area contributed by atoms with Crippen LogP contribution in [0.5, 0.6) is 0 Å². The van der Waals surface area contributed by atoms with E-state index in [-0.39, 0.29) is 9.77 Å². The van der Waals surface area contributed by atoms with Gasteiger partial charge in [-0.3, -0.25) is 0 Å². The van der Waals surface area contributed by atoms with E-state index in [2.05, 4.69) is 11.6 Å². The summed E-state index contributed by atoms with van der Waals surface area (Å²) in [6.07, 6.45) is 3.34. The summed E-state index contributed by atoms with van der Waals surface area (Å²) in [5.74, 6) is -0.178. The highest BCUT2D eigenvalue weighted by molar-refractivity contribution is 7.89. The number of thiophene rings is 1. The van der Waals surface area contributed by atoms with Gasteiger partial charge in [-0.05, 0) is 24.3 Å². The zero-order valence-electron chi connectivity index (χ0n) is 10.6. The van der Waals surface area contributed by atoms with Crippen LogP contribution in [0.2, 0.25) is 0 Å². The molecule has 19 heavy (non-hydrogen) atoms. The summed E-state index contributed by atoms with van der Waals surface area (Å²) >= 11 is 0.924. The Hall–Kier alpha value is -0.920. The third kappa shape index (κ3) is 3.34. The van der Waals surface area contributed by atoms with Crippen molar-refractivity contribution in [2.24, 2.45) is 11.8 Å². The maximum absolute atomic E-state index is 12.0. The molecule has 1 saturated carbocycles. The minimum absolute atomic E-state index is 0.0367. The molecule has 2 atom stereocenters. The number of hydrogen-bond acceptors (Lipinski definition) is 4. The highest BCUT2D eigenvalue weighted by atomic mass is 32.2. The molecule has 0 bridgehead atoms. The largest absolute Gasteiger partial charge is 0.477 e. The quantitative estimate of drug-likeness (QED) is 0.873. The average Bonchev–Trinajstić information content (AvgIpc) is 2.95. The second-order valence-corrected chi connectivity index (χ2v) is 7.65. The molecule has 0 aliphatic heterocycles. The third-order valence-corrected chi connectivity index (χ3v) is 6.14. The van der Waals surface area contributed by atoms with E-state index in [0.717, 1.165) is 30.6 Å². The van der Waals surface area contributed by atoms with E-state index in [1.54, 1.807) is 0 Å². The molecule has 0 spiro atoms. The van der Waals surface area contributed by atoms with Crippen LogP contribution >= 0.6 is 11.3 Å². The Morgan fingerprint density at radius 1 is 1.53 bits per heavy atom. The zero-order valence-corrected chi connectivity index (χ0v) is 12.3. The SMILES string of the molecule is CC1CCCC1CNS(=O)(=O)c1csc(C(=O)O)c1. The summed E-state index contributed by atoms with van der Waals surface area (Å²) in [5, 5.41) is 10.2. The Morgan fingerprint density at radius 3 is 2.79 bits per heavy atom. The van der Waals surface area contributed by atoms with E-state index in [4.69, 9.17) is 5.11 Å². The number of carboxylic acids is 1. The fraction of sp³-hybridized carbons (Fsp3) is 0.583. The smallest absolute Gasteiger partial charge is 0.345 e. The van der Waals surface area contributed by atoms with Gasteiger partial charge in [0.15, 0.2) is 0 Å². The van der Waals surface area contributed by atoms with E-state index in [1.807, 2.05) is 0 Å². The van der Waals surface area contributed by atoms with E-state index in [0.29, 0.717) is 18.4 Å². The van der Waals surface area contributed by atoms with Crippen molar-refractivity contribution in [2.75, 3.05) is 6.54 Å². The highest BCUT2D eigenvalue weighted by Gasteiger charge is 2.26. The number of carbonyl (C=O) groups is 1. The van der Waals surface area contributed by atoms with E-state index in [1.165, 1.54) is 11.4 Å². The van der Waals surface area contributed by atoms with Gasteiger partial charge in [-0.15, -0.1) is 11.3 Å². The van der Waals surface area contributed by atoms with Crippen molar-refractivity contribution in [3.8, 4) is 0 Å². The lowest BCUT2D eigenvalue weighted by molar-refractivity contribution is 0.0702. The predicted molar refractivity (Wildman–Crippen MR) is 73.0 cm³/mol. The number of carboxylic acid groups (broad SMARTS) is 1. The van der Waals surface area contributed by atoms with Gasteiger partial charge in [-0.25, -0.2) is 17.9 Å². The molecule has 2 unspecified atom stereocenters. The highest BCUT2D eigenvalue weighted by Crippen LogP contribution is 2.30. The number of hydrogen-bond donors (Lipinski definition) is 2. The monoisotopic (exact) mass is 303 g/mol. The van der Waals surface area contributed by atoms with Crippen LogP contribution in [0, 0.1) is 11.8 Å². The first-order valence-electron chi connectivity index (χ1n) is 6.21. The van der Waals surface area contributed by atoms with Crippen molar-refractivity contribution in [3.63, 3.8) is 0 Å². The first-order chi connectivity index (χ1) is 8.90. The summed E-state index contributed by atoms with van der Waals surface area (Å²) in [4.78, 5) is 10.8. The summed E-state index contributed by atoms with van der Waals surface area (Å²) < 4.78 is 26.7. The van der Waals surface area contributed by atoms with Gasteiger partial charge in [-0.2, -0.15) is 0 Å². The van der Waals surface area contributed by atoms with Gasteiger partial charge in [0.1, 0.15) is 4.88 Å². The standard InChI is InChI=1S/C12H17NO4S2/c1-8-3-2-4-9(8)6-13-19(16,17)10-5-11(12(14)15)18-7-10/h5,7-9,13H,2-4,6H2,1H3,(H,14,15). The van der Waals surface area contributed by atoms with Gasteiger partial charge in [0.05, 0.1) is 4.90 Å². The maximum atomic E-state index is 12.0. The van der Waals surface area contributed by atoms with Gasteiger partial charge in [-0.1, -0.05) is 19.8 Å². The summed E-state index contributed by atoms with van der Waals surface area (Å²) in [6, 6.07) is 1.20. The second kappa shape index (κ2) is 5.60. The minimum atomic E-state index is -3.59. The van der Waals surface area contributed by atoms with Gasteiger partial charge in [0.25, 0.3) is 0 Å². The maximum Gasteiger partial charge on any atom is 0.345 e. The van der Waals surface area contributed by atoms with Crippen LogP contribution in [0.25, 0.3) is 0 Å². The predicted octanol–water partition coefficient (Wildman–Crippen LogP) is 2.16. The molecule has 1 heterocycles. The molecule has 1 aromatic heterocycles. The number of rotatable bonds is 5. The second-order valence-electron chi connectivity index (χ2n) is 4.97. The number of sulfonamides is 1. The molecule has 0 aromatic carbocycles. The molecule has 1 aromatic rings. The Balaban J connectivity index is 2.03. The fourth-order valence-corrected chi connectivity index (χ4v) is 4.60. The molecule has 1 aliphatic rings. The van der Waals surface area contributed by atoms with Crippen molar-refractivity contribution in [1.29, 1.82) is 0 Å². The fourth-order valence-electron chi connectivity index (χ4n) is 2.40. The summed E-state index contributed by atoms with van der Waals surface area (Å²) in [5.41, 5.74) is 0. The molecule has 2 rings (SSSR count). The molecule has 106 valence electrons. The Morgan fingerprint density at radius 2 is 2.26 bits per heavy atom. The molecule has 7 heteroatoms. The lowest BCUT2D eigenvalue weighted by Gasteiger charge is -2.15. The van der Waals surface area contributed by atoms with Crippen LogP contribution in [-0.2, 0) is 10.0 Å². The molecule has 5 nitrogen and oxygen atoms in total. The molecule has 0 saturated heterocycles. The number of nitrogens with one attached hydrogen (secondary N) is 1. The van der Waals surface area contributed by atoms with Crippen LogP contribution in [0.3, 0.4) is 0 Å². The Labute approximate surface area is 116 Å². The van der Waals surface area contributed by atoms with Crippen LogP contribution in [-0.4, -0.2) is 26.0 Å². The first-order valence-corrected chi connectivity index (χ1v) is 8.58. The Kier molecular flexibility index (Phi) is 4.27. The molecule has 1 aliphatic carbocycles. The molecule has 2 N–H and O–H groups in total. The van der Waals surface area contributed by atoms with Gasteiger partial charge in [0, 0.05) is 11.9 Å². The number of aromatic carboxylic acids is 1. The van der Waals surface area contributed by atoms with Gasteiger partial charge < -0.3 is 5.11 Å². The van der Waals surface area contributed by atoms with E-state index < -0.39 is 16.0 Å². The van der Waals surface area contributed by atoms with Crippen LogP contribution in [0.4, 0.5) is 0 Å². The van der Waals surface area contributed by atoms with Crippen molar-refractivity contribution in [3.05, 3.63) is 16.3 Å². The normalized spacial score (nSPS) is 23.6. The average molecular weight is 303 g/mol. The van der Waals surface area contributed by atoms with Crippen LogP contribution < -0.4 is 4.72 Å². The van der Waals surface area contributed by atoms with Gasteiger partial charge in [0.2, 0.25) is 10.0 Å². The Bertz CT molecular complexity index is 564. The zero-order chi connectivity index (χ0) is 14.0. The van der Waals surface area contributed by atoms with E-state index in [9.17, 15) is 13.2 Å². The van der Waals surface area contributed by atoms with Crippen molar-refractivity contribution in [1.82, 2.24) is 4.72 Å². The van der Waals surface area contributed by atoms with Crippen LogP contribution in [0.1, 0.15) is 35.9 Å². The summed E-state index contributed by atoms with van der Waals surface area (Å²) in [6.45, 7) is 2.57. The lowest BCUT2D eigenvalue weighted by Crippen LogP contribution is -2.30. The van der Waals surface area contributed by atoms with E-state index >= 15 is 0 Å². The van der Waals surface area contributed by atoms with Gasteiger partial charge >= 0.3 is 5.97 Å². The van der Waals surface area contributed by atoms with Crippen molar-refractivity contribution < 1.29 is 18.3 Å². The minimum Gasteiger partial charge on any atom is -0.477 e. The molecular weight excluding hydrogens is 286 g/mol. The molecule has 0 amide bonds. The lowest BCUT2D eigenvalue weighted by atomic mass is 9.99. The molecule has 1 fully saturated rings. The van der Waals surface area contributed by atoms with Crippen molar-refractivity contribution >= 4 is 27.3 Å². The third-order valence-electron chi connectivity index (χ3n) is 3.67. The van der Waals surface area contributed by atoms with Crippen molar-refractivity contribution in [2.45, 2.75) is 31.1 Å². The van der Waals surface area contributed by atoms with Crippen LogP contribution in [0.15, 0.2) is 16.3 Å².